The second-order valence-corrected chi connectivity index (χ2v) is 7.60. The van der Waals surface area contributed by atoms with Crippen LogP contribution in [0.2, 0.25) is 5.02 Å². The molecule has 4 aromatic rings. The molecule has 0 atom stereocenters. The fraction of sp³-hybridized carbons (Fsp3) is 0.211. The van der Waals surface area contributed by atoms with Crippen molar-refractivity contribution >= 4 is 33.2 Å². The molecule has 3 heterocycles. The van der Waals surface area contributed by atoms with E-state index in [1.165, 1.54) is 0 Å². The molecule has 0 unspecified atom stereocenters. The molecular weight excluding hydrogens is 384 g/mol. The van der Waals surface area contributed by atoms with Crippen LogP contribution in [0.15, 0.2) is 42.5 Å². The predicted molar refractivity (Wildman–Crippen MR) is 104 cm³/mol. The number of benzene rings is 2. The van der Waals surface area contributed by atoms with Gasteiger partial charge in [-0.1, -0.05) is 23.7 Å². The first-order chi connectivity index (χ1) is 13.3. The lowest BCUT2D eigenvalue weighted by atomic mass is 10.2. The summed E-state index contributed by atoms with van der Waals surface area (Å²) in [4.78, 5) is 4.67. The van der Waals surface area contributed by atoms with Gasteiger partial charge in [0.15, 0.2) is 11.6 Å². The second-order valence-electron chi connectivity index (χ2n) is 6.16. The first-order valence-electron chi connectivity index (χ1n) is 8.55. The van der Waals surface area contributed by atoms with Gasteiger partial charge in [-0.05, 0) is 30.3 Å². The van der Waals surface area contributed by atoms with Gasteiger partial charge in [0.25, 0.3) is 0 Å². The molecule has 6 nitrogen and oxygen atoms in total. The Morgan fingerprint density at radius 2 is 2.11 bits per heavy atom. The highest BCUT2D eigenvalue weighted by molar-refractivity contribution is 7.21. The van der Waals surface area contributed by atoms with Gasteiger partial charge in [-0.15, -0.1) is 21.5 Å². The van der Waals surface area contributed by atoms with Crippen molar-refractivity contribution in [3.8, 4) is 16.3 Å². The average Bonchev–Trinajstić information content (AvgIpc) is 3.31. The monoisotopic (exact) mass is 398 g/mol. The van der Waals surface area contributed by atoms with Gasteiger partial charge < -0.3 is 14.0 Å². The van der Waals surface area contributed by atoms with Crippen LogP contribution in [0.25, 0.3) is 20.8 Å². The lowest BCUT2D eigenvalue weighted by molar-refractivity contribution is 0.0794. The summed E-state index contributed by atoms with van der Waals surface area (Å²) in [5.41, 5.74) is 1.97. The zero-order valence-corrected chi connectivity index (χ0v) is 15.8. The molecule has 0 bridgehead atoms. The van der Waals surface area contributed by atoms with E-state index in [4.69, 9.17) is 21.1 Å². The summed E-state index contributed by atoms with van der Waals surface area (Å²) < 4.78 is 14.5. The minimum Gasteiger partial charge on any atom is -0.484 e. The number of thiazole rings is 1. The molecule has 27 heavy (non-hydrogen) atoms. The van der Waals surface area contributed by atoms with Gasteiger partial charge >= 0.3 is 0 Å². The van der Waals surface area contributed by atoms with Gasteiger partial charge in [-0.3, -0.25) is 0 Å². The number of ether oxygens (including phenoxy) is 2. The molecule has 0 fully saturated rings. The standard InChI is InChI=1S/C19H15ClN4O2S/c20-13-9-12(19-21-14-3-1-2-4-16(14)27-19)5-6-15(13)26-11-18-23-22-17-10-25-8-7-24(17)18/h1-6,9H,7-8,10-11H2. The molecule has 0 radical (unpaired) electrons. The number of hydrogen-bond donors (Lipinski definition) is 0. The third-order valence-electron chi connectivity index (χ3n) is 4.42. The van der Waals surface area contributed by atoms with Crippen LogP contribution in [0.4, 0.5) is 0 Å². The van der Waals surface area contributed by atoms with Crippen LogP contribution in [0.3, 0.4) is 0 Å². The minimum atomic E-state index is 0.313. The molecule has 0 aliphatic carbocycles. The number of rotatable bonds is 4. The normalized spacial score (nSPS) is 13.7. The van der Waals surface area contributed by atoms with Gasteiger partial charge in [-0.25, -0.2) is 4.98 Å². The Morgan fingerprint density at radius 3 is 3.00 bits per heavy atom. The zero-order valence-electron chi connectivity index (χ0n) is 14.3. The summed E-state index contributed by atoms with van der Waals surface area (Å²) in [6, 6.07) is 13.8. The lowest BCUT2D eigenvalue weighted by Crippen LogP contribution is -2.19. The van der Waals surface area contributed by atoms with Crippen LogP contribution >= 0.6 is 22.9 Å². The molecule has 1 aliphatic heterocycles. The van der Waals surface area contributed by atoms with Crippen LogP contribution in [0.5, 0.6) is 5.75 Å². The Morgan fingerprint density at radius 1 is 1.19 bits per heavy atom. The fourth-order valence-electron chi connectivity index (χ4n) is 3.05. The molecule has 1 aliphatic rings. The van der Waals surface area contributed by atoms with Crippen molar-refractivity contribution in [2.75, 3.05) is 6.61 Å². The maximum absolute atomic E-state index is 6.45. The molecule has 136 valence electrons. The molecule has 5 rings (SSSR count). The maximum Gasteiger partial charge on any atom is 0.171 e. The highest BCUT2D eigenvalue weighted by Crippen LogP contribution is 2.34. The summed E-state index contributed by atoms with van der Waals surface area (Å²) in [5, 5.41) is 9.81. The maximum atomic E-state index is 6.45. The van der Waals surface area contributed by atoms with Gasteiger partial charge in [0.05, 0.1) is 21.8 Å². The fourth-order valence-corrected chi connectivity index (χ4v) is 4.25. The Balaban J connectivity index is 1.36. The summed E-state index contributed by atoms with van der Waals surface area (Å²) >= 11 is 8.10. The summed E-state index contributed by atoms with van der Waals surface area (Å²) in [6.45, 7) is 2.21. The van der Waals surface area contributed by atoms with E-state index in [1.807, 2.05) is 41.0 Å². The number of aromatic nitrogens is 4. The first kappa shape index (κ1) is 16.7. The van der Waals surface area contributed by atoms with Crippen molar-refractivity contribution in [2.24, 2.45) is 0 Å². The highest BCUT2D eigenvalue weighted by atomic mass is 35.5. The van der Waals surface area contributed by atoms with Crippen molar-refractivity contribution in [3.63, 3.8) is 0 Å². The van der Waals surface area contributed by atoms with E-state index in [-0.39, 0.29) is 0 Å². The van der Waals surface area contributed by atoms with E-state index in [0.29, 0.717) is 30.6 Å². The number of fused-ring (bicyclic) bond motifs is 2. The molecule has 0 N–H and O–H groups in total. The van der Waals surface area contributed by atoms with Gasteiger partial charge in [0, 0.05) is 12.1 Å². The van der Waals surface area contributed by atoms with Crippen LogP contribution in [-0.2, 0) is 24.5 Å². The van der Waals surface area contributed by atoms with Crippen molar-refractivity contribution in [2.45, 2.75) is 19.8 Å². The molecule has 0 spiro atoms. The molecule has 0 saturated heterocycles. The molecule has 2 aromatic carbocycles. The lowest BCUT2D eigenvalue weighted by Gasteiger charge is -2.15. The van der Waals surface area contributed by atoms with Crippen molar-refractivity contribution in [1.82, 2.24) is 19.7 Å². The van der Waals surface area contributed by atoms with Gasteiger partial charge in [-0.2, -0.15) is 0 Å². The summed E-state index contributed by atoms with van der Waals surface area (Å²) in [5.74, 6) is 2.22. The molecular formula is C19H15ClN4O2S. The van der Waals surface area contributed by atoms with Crippen LogP contribution < -0.4 is 4.74 Å². The van der Waals surface area contributed by atoms with Crippen molar-refractivity contribution < 1.29 is 9.47 Å². The largest absolute Gasteiger partial charge is 0.484 e. The smallest absolute Gasteiger partial charge is 0.171 e. The topological polar surface area (TPSA) is 62.1 Å². The summed E-state index contributed by atoms with van der Waals surface area (Å²) in [6.07, 6.45) is 0. The second kappa shape index (κ2) is 6.92. The number of para-hydroxylation sites is 1. The molecule has 8 heteroatoms. The van der Waals surface area contributed by atoms with Crippen LogP contribution in [0, 0.1) is 0 Å². The van der Waals surface area contributed by atoms with E-state index in [0.717, 1.165) is 39.0 Å². The van der Waals surface area contributed by atoms with E-state index >= 15 is 0 Å². The summed E-state index contributed by atoms with van der Waals surface area (Å²) in [7, 11) is 0. The van der Waals surface area contributed by atoms with Crippen molar-refractivity contribution in [1.29, 1.82) is 0 Å². The average molecular weight is 399 g/mol. The predicted octanol–water partition coefficient (Wildman–Crippen LogP) is 4.32. The molecule has 2 aromatic heterocycles. The van der Waals surface area contributed by atoms with E-state index < -0.39 is 0 Å². The third-order valence-corrected chi connectivity index (χ3v) is 5.80. The van der Waals surface area contributed by atoms with E-state index in [1.54, 1.807) is 11.3 Å². The number of hydrogen-bond acceptors (Lipinski definition) is 6. The SMILES string of the molecule is Clc1cc(-c2nc3ccccc3s2)ccc1OCc1nnc2n1CCOC2. The van der Waals surface area contributed by atoms with Gasteiger partial charge in [0.1, 0.15) is 24.0 Å². The Bertz CT molecular complexity index is 1090. The quantitative estimate of drug-likeness (QED) is 0.512. The zero-order chi connectivity index (χ0) is 18.2. The number of nitrogens with zero attached hydrogens (tertiary/aromatic N) is 4. The van der Waals surface area contributed by atoms with Gasteiger partial charge in [0.2, 0.25) is 0 Å². The Hall–Kier alpha value is -2.48. The molecule has 0 saturated carbocycles. The first-order valence-corrected chi connectivity index (χ1v) is 9.74. The Labute approximate surface area is 164 Å². The van der Waals surface area contributed by atoms with Crippen LogP contribution in [0.1, 0.15) is 11.6 Å². The van der Waals surface area contributed by atoms with E-state index in [9.17, 15) is 0 Å². The van der Waals surface area contributed by atoms with E-state index in [2.05, 4.69) is 21.2 Å². The molecule has 0 amide bonds. The third kappa shape index (κ3) is 3.18. The van der Waals surface area contributed by atoms with Crippen LogP contribution in [-0.4, -0.2) is 26.4 Å². The van der Waals surface area contributed by atoms with Crippen molar-refractivity contribution in [3.05, 3.63) is 59.1 Å². The number of halogens is 1. The highest BCUT2D eigenvalue weighted by Gasteiger charge is 2.17. The minimum absolute atomic E-state index is 0.313. The Kier molecular flexibility index (Phi) is 4.27.